The smallest absolute Gasteiger partial charge is 0.243 e. The molecule has 0 unspecified atom stereocenters. The molecule has 76 valence electrons. The number of nitrogens with zero attached hydrogens (tertiary/aromatic N) is 3. The Morgan fingerprint density at radius 1 is 1.53 bits per heavy atom. The van der Waals surface area contributed by atoms with Crippen molar-refractivity contribution in [3.05, 3.63) is 24.1 Å². The second-order valence-electron chi connectivity index (χ2n) is 2.97. The van der Waals surface area contributed by atoms with Gasteiger partial charge in [-0.25, -0.2) is 8.91 Å². The Labute approximate surface area is 86.1 Å². The van der Waals surface area contributed by atoms with Gasteiger partial charge in [0.05, 0.1) is 6.20 Å². The van der Waals surface area contributed by atoms with Gasteiger partial charge < -0.3 is 5.32 Å². The first-order valence-corrected chi connectivity index (χ1v) is 4.49. The number of nitrogens with one attached hydrogen (secondary N) is 1. The zero-order valence-corrected chi connectivity index (χ0v) is 7.94. The molecule has 0 aliphatic heterocycles. The quantitative estimate of drug-likeness (QED) is 0.605. The van der Waals surface area contributed by atoms with Crippen molar-refractivity contribution < 1.29 is 4.39 Å². The fourth-order valence-corrected chi connectivity index (χ4v) is 1.18. The average Bonchev–Trinajstić information content (AvgIpc) is 2.60. The van der Waals surface area contributed by atoms with Crippen LogP contribution in [0.2, 0.25) is 0 Å². The molecule has 0 saturated heterocycles. The molecule has 0 spiro atoms. The van der Waals surface area contributed by atoms with Crippen LogP contribution < -0.4 is 5.32 Å². The number of terminal acetylenes is 1. The molecule has 5 heteroatoms. The fourth-order valence-electron chi connectivity index (χ4n) is 1.18. The van der Waals surface area contributed by atoms with E-state index in [9.17, 15) is 4.39 Å². The summed E-state index contributed by atoms with van der Waals surface area (Å²) in [5, 5.41) is 6.98. The lowest BCUT2D eigenvalue weighted by atomic mass is 10.4. The molecule has 2 aromatic heterocycles. The van der Waals surface area contributed by atoms with E-state index >= 15 is 0 Å². The second kappa shape index (κ2) is 3.96. The topological polar surface area (TPSA) is 42.2 Å². The average molecular weight is 204 g/mol. The third kappa shape index (κ3) is 2.05. The lowest BCUT2D eigenvalue weighted by molar-refractivity contribution is 0.615. The van der Waals surface area contributed by atoms with Crippen molar-refractivity contribution in [3.8, 4) is 12.3 Å². The molecule has 0 fully saturated rings. The molecule has 0 aliphatic carbocycles. The Balaban J connectivity index is 2.20. The van der Waals surface area contributed by atoms with E-state index in [1.54, 1.807) is 6.07 Å². The van der Waals surface area contributed by atoms with Gasteiger partial charge in [0, 0.05) is 13.0 Å². The zero-order valence-electron chi connectivity index (χ0n) is 7.94. The third-order valence-corrected chi connectivity index (χ3v) is 1.85. The number of halogens is 1. The highest BCUT2D eigenvalue weighted by molar-refractivity contribution is 5.42. The van der Waals surface area contributed by atoms with Crippen LogP contribution in [-0.4, -0.2) is 21.1 Å². The Hall–Kier alpha value is -2.09. The molecule has 2 rings (SSSR count). The van der Waals surface area contributed by atoms with E-state index in [1.807, 2.05) is 0 Å². The normalized spacial score (nSPS) is 10.1. The molecular weight excluding hydrogens is 195 g/mol. The van der Waals surface area contributed by atoms with Crippen LogP contribution in [0.15, 0.2) is 18.3 Å². The van der Waals surface area contributed by atoms with Crippen molar-refractivity contribution in [1.82, 2.24) is 14.6 Å². The SMILES string of the molecule is C#CCCNc1nc2ccc(F)cn2n1. The molecule has 0 amide bonds. The molecule has 0 bridgehead atoms. The van der Waals surface area contributed by atoms with Gasteiger partial charge in [0.25, 0.3) is 0 Å². The van der Waals surface area contributed by atoms with Crippen LogP contribution in [0, 0.1) is 18.2 Å². The van der Waals surface area contributed by atoms with E-state index in [0.29, 0.717) is 24.6 Å². The van der Waals surface area contributed by atoms with Gasteiger partial charge in [0.1, 0.15) is 5.82 Å². The number of hydrogen-bond donors (Lipinski definition) is 1. The monoisotopic (exact) mass is 204 g/mol. The highest BCUT2D eigenvalue weighted by Gasteiger charge is 2.02. The van der Waals surface area contributed by atoms with Crippen LogP contribution in [0.3, 0.4) is 0 Å². The summed E-state index contributed by atoms with van der Waals surface area (Å²) in [7, 11) is 0. The number of rotatable bonds is 3. The second-order valence-corrected chi connectivity index (χ2v) is 2.97. The van der Waals surface area contributed by atoms with Gasteiger partial charge >= 0.3 is 0 Å². The van der Waals surface area contributed by atoms with E-state index in [-0.39, 0.29) is 5.82 Å². The van der Waals surface area contributed by atoms with E-state index in [1.165, 1.54) is 16.8 Å². The van der Waals surface area contributed by atoms with Gasteiger partial charge in [0.15, 0.2) is 5.65 Å². The molecule has 0 aromatic carbocycles. The summed E-state index contributed by atoms with van der Waals surface area (Å²) in [6.45, 7) is 0.607. The maximum absolute atomic E-state index is 12.8. The van der Waals surface area contributed by atoms with Gasteiger partial charge in [-0.1, -0.05) is 0 Å². The zero-order chi connectivity index (χ0) is 10.7. The van der Waals surface area contributed by atoms with Crippen molar-refractivity contribution >= 4 is 11.6 Å². The summed E-state index contributed by atoms with van der Waals surface area (Å²) < 4.78 is 14.2. The lowest BCUT2D eigenvalue weighted by Crippen LogP contribution is -2.01. The van der Waals surface area contributed by atoms with Gasteiger partial charge in [-0.05, 0) is 12.1 Å². The van der Waals surface area contributed by atoms with Crippen LogP contribution in [0.25, 0.3) is 5.65 Å². The first-order valence-electron chi connectivity index (χ1n) is 4.49. The Morgan fingerprint density at radius 2 is 2.40 bits per heavy atom. The Morgan fingerprint density at radius 3 is 3.20 bits per heavy atom. The molecule has 0 saturated carbocycles. The van der Waals surface area contributed by atoms with Gasteiger partial charge in [0.2, 0.25) is 5.95 Å². The number of aromatic nitrogens is 3. The van der Waals surface area contributed by atoms with Crippen LogP contribution in [-0.2, 0) is 0 Å². The number of pyridine rings is 1. The van der Waals surface area contributed by atoms with Crippen molar-refractivity contribution in [1.29, 1.82) is 0 Å². The molecule has 0 radical (unpaired) electrons. The molecular formula is C10H9FN4. The minimum absolute atomic E-state index is 0.345. The highest BCUT2D eigenvalue weighted by Crippen LogP contribution is 2.06. The first-order chi connectivity index (χ1) is 7.29. The highest BCUT2D eigenvalue weighted by atomic mass is 19.1. The molecule has 2 heterocycles. The molecule has 15 heavy (non-hydrogen) atoms. The van der Waals surface area contributed by atoms with Crippen molar-refractivity contribution in [2.24, 2.45) is 0 Å². The largest absolute Gasteiger partial charge is 0.352 e. The minimum Gasteiger partial charge on any atom is -0.352 e. The van der Waals surface area contributed by atoms with E-state index in [0.717, 1.165) is 0 Å². The van der Waals surface area contributed by atoms with Gasteiger partial charge in [-0.15, -0.1) is 17.4 Å². The van der Waals surface area contributed by atoms with Crippen LogP contribution in [0.4, 0.5) is 10.3 Å². The minimum atomic E-state index is -0.345. The van der Waals surface area contributed by atoms with Gasteiger partial charge in [-0.3, -0.25) is 0 Å². The van der Waals surface area contributed by atoms with E-state index in [4.69, 9.17) is 6.42 Å². The predicted molar refractivity (Wildman–Crippen MR) is 54.9 cm³/mol. The summed E-state index contributed by atoms with van der Waals surface area (Å²) in [4.78, 5) is 4.13. The Kier molecular flexibility index (Phi) is 2.50. The van der Waals surface area contributed by atoms with Crippen LogP contribution in [0.1, 0.15) is 6.42 Å². The maximum atomic E-state index is 12.8. The molecule has 4 nitrogen and oxygen atoms in total. The van der Waals surface area contributed by atoms with Crippen molar-refractivity contribution in [3.63, 3.8) is 0 Å². The van der Waals surface area contributed by atoms with Crippen LogP contribution in [0.5, 0.6) is 0 Å². The first kappa shape index (κ1) is 9.46. The third-order valence-electron chi connectivity index (χ3n) is 1.85. The summed E-state index contributed by atoms with van der Waals surface area (Å²) in [6.07, 6.45) is 6.98. The summed E-state index contributed by atoms with van der Waals surface area (Å²) >= 11 is 0. The lowest BCUT2D eigenvalue weighted by Gasteiger charge is -1.94. The number of anilines is 1. The summed E-state index contributed by atoms with van der Waals surface area (Å²) in [6, 6.07) is 2.91. The van der Waals surface area contributed by atoms with Crippen molar-refractivity contribution in [2.75, 3.05) is 11.9 Å². The van der Waals surface area contributed by atoms with Crippen LogP contribution >= 0.6 is 0 Å². The summed E-state index contributed by atoms with van der Waals surface area (Å²) in [5.74, 6) is 2.61. The van der Waals surface area contributed by atoms with E-state index in [2.05, 4.69) is 21.3 Å². The van der Waals surface area contributed by atoms with E-state index < -0.39 is 0 Å². The summed E-state index contributed by atoms with van der Waals surface area (Å²) in [5.41, 5.74) is 0.597. The Bertz CT molecular complexity index is 512. The number of fused-ring (bicyclic) bond motifs is 1. The molecule has 0 atom stereocenters. The van der Waals surface area contributed by atoms with Crippen molar-refractivity contribution in [2.45, 2.75) is 6.42 Å². The van der Waals surface area contributed by atoms with Gasteiger partial charge in [-0.2, -0.15) is 4.98 Å². The molecule has 0 aliphatic rings. The fraction of sp³-hybridized carbons (Fsp3) is 0.200. The molecule has 1 N–H and O–H groups in total. The predicted octanol–water partition coefficient (Wildman–Crippen LogP) is 1.30. The number of hydrogen-bond acceptors (Lipinski definition) is 3. The standard InChI is InChI=1S/C10H9FN4/c1-2-3-6-12-10-13-9-5-4-8(11)7-15(9)14-10/h1,4-5,7H,3,6H2,(H,12,14). The molecule has 2 aromatic rings. The maximum Gasteiger partial charge on any atom is 0.243 e.